The molecule has 22 heavy (non-hydrogen) atoms. The number of nitrogens with zero attached hydrogens (tertiary/aromatic N) is 3. The van der Waals surface area contributed by atoms with Crippen LogP contribution in [0.3, 0.4) is 0 Å². The number of imidazole rings is 1. The van der Waals surface area contributed by atoms with E-state index in [0.29, 0.717) is 24.5 Å². The van der Waals surface area contributed by atoms with Crippen LogP contribution >= 0.6 is 0 Å². The van der Waals surface area contributed by atoms with Gasteiger partial charge in [0.2, 0.25) is 0 Å². The van der Waals surface area contributed by atoms with E-state index in [0.717, 1.165) is 35.2 Å². The molecular formula is C16H20N4O2. The largest absolute Gasteiger partial charge is 0.508 e. The Kier molecular flexibility index (Phi) is 3.85. The second-order valence-corrected chi connectivity index (χ2v) is 5.21. The Balaban J connectivity index is 2.35. The highest BCUT2D eigenvalue weighted by molar-refractivity contribution is 6.07. The van der Waals surface area contributed by atoms with Crippen LogP contribution in [0.1, 0.15) is 26.1 Å². The van der Waals surface area contributed by atoms with E-state index in [1.54, 1.807) is 18.2 Å². The maximum Gasteiger partial charge on any atom is 0.152 e. The molecule has 0 spiro atoms. The molecule has 6 nitrogen and oxygen atoms in total. The minimum atomic E-state index is 0.205. The number of hydrogen-bond acceptors (Lipinski definition) is 5. The number of anilines is 1. The molecule has 0 aliphatic rings. The fraction of sp³-hybridized carbons (Fsp3) is 0.375. The van der Waals surface area contributed by atoms with E-state index < -0.39 is 0 Å². The third-order valence-corrected chi connectivity index (χ3v) is 3.65. The fourth-order valence-corrected chi connectivity index (χ4v) is 2.71. The Hall–Kier alpha value is -2.34. The molecule has 2 heterocycles. The molecule has 0 radical (unpaired) electrons. The maximum atomic E-state index is 9.81. The van der Waals surface area contributed by atoms with Crippen molar-refractivity contribution in [2.75, 3.05) is 12.3 Å². The van der Waals surface area contributed by atoms with E-state index in [1.165, 1.54) is 0 Å². The molecule has 0 fully saturated rings. The van der Waals surface area contributed by atoms with Crippen molar-refractivity contribution < 1.29 is 9.84 Å². The minimum absolute atomic E-state index is 0.205. The Labute approximate surface area is 128 Å². The van der Waals surface area contributed by atoms with Gasteiger partial charge in [0.1, 0.15) is 23.7 Å². The summed E-state index contributed by atoms with van der Waals surface area (Å²) in [6.07, 6.45) is 0.965. The second kappa shape index (κ2) is 5.81. The maximum absolute atomic E-state index is 9.81. The van der Waals surface area contributed by atoms with Gasteiger partial charge < -0.3 is 20.1 Å². The number of nitrogens with two attached hydrogens (primary N) is 1. The van der Waals surface area contributed by atoms with Gasteiger partial charge in [-0.1, -0.05) is 6.92 Å². The van der Waals surface area contributed by atoms with Crippen molar-refractivity contribution in [2.45, 2.75) is 33.4 Å². The first kappa shape index (κ1) is 14.6. The highest BCUT2D eigenvalue weighted by atomic mass is 16.5. The number of nitrogen functional groups attached to an aromatic ring is 1. The van der Waals surface area contributed by atoms with Crippen LogP contribution in [0.5, 0.6) is 5.75 Å². The molecule has 116 valence electrons. The van der Waals surface area contributed by atoms with E-state index in [2.05, 4.69) is 21.5 Å². The smallest absolute Gasteiger partial charge is 0.152 e. The Bertz CT molecular complexity index is 826. The molecule has 3 aromatic rings. The Morgan fingerprint density at radius 2 is 2.09 bits per heavy atom. The van der Waals surface area contributed by atoms with Gasteiger partial charge in [0.15, 0.2) is 5.82 Å². The summed E-state index contributed by atoms with van der Waals surface area (Å²) < 4.78 is 7.63. The Morgan fingerprint density at radius 1 is 1.27 bits per heavy atom. The van der Waals surface area contributed by atoms with E-state index in [-0.39, 0.29) is 5.75 Å². The highest BCUT2D eigenvalue weighted by Gasteiger charge is 2.17. The number of aromatic hydroxyl groups is 1. The lowest BCUT2D eigenvalue weighted by Gasteiger charge is -2.09. The zero-order valence-corrected chi connectivity index (χ0v) is 12.8. The average molecular weight is 300 g/mol. The standard InChI is InChI=1S/C16H20N4O2/c1-3-7-20-13(9-22-4-2)19-14-15(20)11-8-10(21)5-6-12(11)18-16(14)17/h5-6,8,21H,3-4,7,9H2,1-2H3,(H2,17,18). The zero-order chi connectivity index (χ0) is 15.7. The number of aryl methyl sites for hydroxylation is 1. The number of phenols is 1. The number of aromatic nitrogens is 3. The third kappa shape index (κ3) is 2.35. The quantitative estimate of drug-likeness (QED) is 0.756. The predicted octanol–water partition coefficient (Wildman–Crippen LogP) is 2.82. The lowest BCUT2D eigenvalue weighted by Crippen LogP contribution is -2.05. The van der Waals surface area contributed by atoms with Crippen LogP contribution in [0.15, 0.2) is 18.2 Å². The summed E-state index contributed by atoms with van der Waals surface area (Å²) >= 11 is 0. The van der Waals surface area contributed by atoms with Crippen molar-refractivity contribution >= 4 is 27.8 Å². The monoisotopic (exact) mass is 300 g/mol. The first-order valence-corrected chi connectivity index (χ1v) is 7.50. The van der Waals surface area contributed by atoms with Crippen LogP contribution in [0.2, 0.25) is 0 Å². The van der Waals surface area contributed by atoms with Gasteiger partial charge in [0.05, 0.1) is 11.0 Å². The molecule has 0 bridgehead atoms. The van der Waals surface area contributed by atoms with Crippen molar-refractivity contribution in [1.29, 1.82) is 0 Å². The number of rotatable bonds is 5. The molecule has 0 saturated carbocycles. The molecule has 3 rings (SSSR count). The van der Waals surface area contributed by atoms with Gasteiger partial charge in [-0.2, -0.15) is 0 Å². The summed E-state index contributed by atoms with van der Waals surface area (Å²) in [6, 6.07) is 5.09. The normalized spacial score (nSPS) is 11.5. The van der Waals surface area contributed by atoms with Gasteiger partial charge in [0, 0.05) is 18.5 Å². The van der Waals surface area contributed by atoms with E-state index in [9.17, 15) is 5.11 Å². The molecular weight excluding hydrogens is 280 g/mol. The summed E-state index contributed by atoms with van der Waals surface area (Å²) in [5.74, 6) is 1.44. The van der Waals surface area contributed by atoms with Crippen LogP contribution in [0.25, 0.3) is 21.9 Å². The first-order valence-electron chi connectivity index (χ1n) is 7.50. The number of benzene rings is 1. The summed E-state index contributed by atoms with van der Waals surface area (Å²) in [7, 11) is 0. The average Bonchev–Trinajstić information content (AvgIpc) is 2.86. The first-order chi connectivity index (χ1) is 10.7. The van der Waals surface area contributed by atoms with E-state index in [1.807, 2.05) is 6.92 Å². The minimum Gasteiger partial charge on any atom is -0.508 e. The molecule has 0 amide bonds. The number of hydrogen-bond donors (Lipinski definition) is 2. The highest BCUT2D eigenvalue weighted by Crippen LogP contribution is 2.31. The van der Waals surface area contributed by atoms with Gasteiger partial charge in [-0.05, 0) is 31.5 Å². The summed E-state index contributed by atoms with van der Waals surface area (Å²) in [5, 5.41) is 10.7. The van der Waals surface area contributed by atoms with Crippen molar-refractivity contribution in [3.05, 3.63) is 24.0 Å². The third-order valence-electron chi connectivity index (χ3n) is 3.65. The lowest BCUT2D eigenvalue weighted by atomic mass is 10.1. The van der Waals surface area contributed by atoms with Crippen molar-refractivity contribution in [2.24, 2.45) is 0 Å². The zero-order valence-electron chi connectivity index (χ0n) is 12.8. The topological polar surface area (TPSA) is 86.2 Å². The van der Waals surface area contributed by atoms with E-state index in [4.69, 9.17) is 10.5 Å². The summed E-state index contributed by atoms with van der Waals surface area (Å²) in [6.45, 7) is 5.94. The van der Waals surface area contributed by atoms with Crippen LogP contribution in [0.4, 0.5) is 5.82 Å². The molecule has 2 aromatic heterocycles. The fourth-order valence-electron chi connectivity index (χ4n) is 2.71. The van der Waals surface area contributed by atoms with Gasteiger partial charge in [0.25, 0.3) is 0 Å². The van der Waals surface area contributed by atoms with Crippen LogP contribution in [-0.4, -0.2) is 26.2 Å². The summed E-state index contributed by atoms with van der Waals surface area (Å²) in [4.78, 5) is 9.01. The van der Waals surface area contributed by atoms with Crippen LogP contribution in [0, 0.1) is 0 Å². The van der Waals surface area contributed by atoms with Crippen LogP contribution in [-0.2, 0) is 17.9 Å². The molecule has 3 N–H and O–H groups in total. The lowest BCUT2D eigenvalue weighted by molar-refractivity contribution is 0.126. The molecule has 0 saturated heterocycles. The molecule has 0 aliphatic carbocycles. The predicted molar refractivity (Wildman–Crippen MR) is 86.7 cm³/mol. The van der Waals surface area contributed by atoms with Gasteiger partial charge in [-0.25, -0.2) is 9.97 Å². The second-order valence-electron chi connectivity index (χ2n) is 5.21. The number of ether oxygens (including phenoxy) is 1. The SMILES string of the molecule is CCCn1c(COCC)nc2c(N)nc3ccc(O)cc3c21. The van der Waals surface area contributed by atoms with Crippen molar-refractivity contribution in [1.82, 2.24) is 14.5 Å². The van der Waals surface area contributed by atoms with E-state index >= 15 is 0 Å². The summed E-state index contributed by atoms with van der Waals surface area (Å²) in [5.41, 5.74) is 8.41. The number of phenolic OH excluding ortho intramolecular Hbond substituents is 1. The van der Waals surface area contributed by atoms with Gasteiger partial charge in [-0.15, -0.1) is 0 Å². The number of fused-ring (bicyclic) bond motifs is 3. The molecule has 6 heteroatoms. The van der Waals surface area contributed by atoms with Crippen molar-refractivity contribution in [3.63, 3.8) is 0 Å². The van der Waals surface area contributed by atoms with Gasteiger partial charge >= 0.3 is 0 Å². The molecule has 0 atom stereocenters. The molecule has 0 aliphatic heterocycles. The van der Waals surface area contributed by atoms with Crippen molar-refractivity contribution in [3.8, 4) is 5.75 Å². The van der Waals surface area contributed by atoms with Gasteiger partial charge in [-0.3, -0.25) is 0 Å². The number of pyridine rings is 1. The molecule has 0 unspecified atom stereocenters. The van der Waals surface area contributed by atoms with Crippen LogP contribution < -0.4 is 5.73 Å². The Morgan fingerprint density at radius 3 is 2.82 bits per heavy atom. The molecule has 1 aromatic carbocycles.